The van der Waals surface area contributed by atoms with E-state index in [-0.39, 0.29) is 12.1 Å². The number of alkyl halides is 3. The second-order valence-electron chi connectivity index (χ2n) is 7.54. The number of hydrogen-bond donors (Lipinski definition) is 2. The molecular weight excluding hydrogens is 425 g/mol. The molecule has 1 saturated carbocycles. The van der Waals surface area contributed by atoms with Gasteiger partial charge >= 0.3 is 6.36 Å². The van der Waals surface area contributed by atoms with E-state index in [1.165, 1.54) is 18.5 Å². The van der Waals surface area contributed by atoms with Gasteiger partial charge in [0.25, 0.3) is 5.56 Å². The Morgan fingerprint density at radius 2 is 1.72 bits per heavy atom. The zero-order valence-corrected chi connectivity index (χ0v) is 17.1. The predicted octanol–water partition coefficient (Wildman–Crippen LogP) is 3.67. The first-order chi connectivity index (χ1) is 15.3. The van der Waals surface area contributed by atoms with Crippen LogP contribution in [0.15, 0.2) is 53.8 Å². The lowest BCUT2D eigenvalue weighted by Gasteiger charge is -2.16. The van der Waals surface area contributed by atoms with Crippen LogP contribution in [0.1, 0.15) is 25.0 Å². The third kappa shape index (κ3) is 5.34. The number of rotatable bonds is 6. The largest absolute Gasteiger partial charge is 0.573 e. The molecule has 0 saturated heterocycles. The number of aryl methyl sites for hydroxylation is 1. The van der Waals surface area contributed by atoms with Crippen LogP contribution in [-0.4, -0.2) is 38.0 Å². The van der Waals surface area contributed by atoms with Crippen molar-refractivity contribution in [3.63, 3.8) is 0 Å². The molecule has 32 heavy (non-hydrogen) atoms. The average molecular weight is 446 g/mol. The molecule has 0 spiro atoms. The van der Waals surface area contributed by atoms with Gasteiger partial charge in [0.1, 0.15) is 11.6 Å². The minimum atomic E-state index is -4.94. The van der Waals surface area contributed by atoms with Gasteiger partial charge < -0.3 is 15.4 Å². The smallest absolute Gasteiger partial charge is 0.400 e. The molecule has 8 nitrogen and oxygen atoms in total. The molecule has 2 N–H and O–H groups in total. The van der Waals surface area contributed by atoms with Crippen molar-refractivity contribution < 1.29 is 17.9 Å². The Kier molecular flexibility index (Phi) is 5.97. The third-order valence-electron chi connectivity index (χ3n) is 5.08. The minimum Gasteiger partial charge on any atom is -0.400 e. The summed E-state index contributed by atoms with van der Waals surface area (Å²) >= 11 is 0. The first kappa shape index (κ1) is 21.6. The molecule has 2 atom stereocenters. The van der Waals surface area contributed by atoms with Gasteiger partial charge in [-0.3, -0.25) is 14.3 Å². The van der Waals surface area contributed by atoms with E-state index < -0.39 is 17.7 Å². The molecule has 1 aliphatic rings. The molecule has 4 rings (SSSR count). The Bertz CT molecular complexity index is 1120. The second kappa shape index (κ2) is 8.85. The van der Waals surface area contributed by atoms with Crippen LogP contribution in [0.25, 0.3) is 5.69 Å². The van der Waals surface area contributed by atoms with Crippen LogP contribution in [0, 0.1) is 6.92 Å². The Labute approximate surface area is 181 Å². The molecule has 1 aliphatic carbocycles. The fourth-order valence-corrected chi connectivity index (χ4v) is 3.62. The Hall–Kier alpha value is -3.63. The number of hydrogen-bond acceptors (Lipinski definition) is 7. The van der Waals surface area contributed by atoms with Gasteiger partial charge in [-0.15, -0.1) is 13.2 Å². The van der Waals surface area contributed by atoms with Gasteiger partial charge in [-0.1, -0.05) is 0 Å². The second-order valence-corrected chi connectivity index (χ2v) is 7.54. The summed E-state index contributed by atoms with van der Waals surface area (Å²) in [6, 6.07) is 6.04. The lowest BCUT2D eigenvalue weighted by molar-refractivity contribution is -0.275. The first-order valence-electron chi connectivity index (χ1n) is 10.0. The molecule has 3 aromatic heterocycles. The van der Waals surface area contributed by atoms with E-state index >= 15 is 0 Å². The monoisotopic (exact) mass is 446 g/mol. The van der Waals surface area contributed by atoms with Crippen LogP contribution in [0.2, 0.25) is 0 Å². The molecule has 11 heteroatoms. The lowest BCUT2D eigenvalue weighted by Crippen LogP contribution is -2.26. The molecule has 0 unspecified atom stereocenters. The summed E-state index contributed by atoms with van der Waals surface area (Å²) < 4.78 is 42.2. The SMILES string of the molecule is Cc1cnc(N[C@H]2CC[C@H](Nc3ccc(-n4cccc(OC(F)(F)F)c4=O)cn3)C2)cn1. The van der Waals surface area contributed by atoms with Crippen molar-refractivity contribution in [1.29, 1.82) is 0 Å². The van der Waals surface area contributed by atoms with E-state index in [1.54, 1.807) is 24.5 Å². The maximum atomic E-state index is 12.5. The first-order valence-corrected chi connectivity index (χ1v) is 10.0. The van der Waals surface area contributed by atoms with E-state index in [4.69, 9.17) is 0 Å². The lowest BCUT2D eigenvalue weighted by atomic mass is 10.2. The summed E-state index contributed by atoms with van der Waals surface area (Å²) in [4.78, 5) is 25.1. The van der Waals surface area contributed by atoms with Gasteiger partial charge in [0, 0.05) is 18.3 Å². The minimum absolute atomic E-state index is 0.204. The summed E-state index contributed by atoms with van der Waals surface area (Å²) in [7, 11) is 0. The standard InChI is InChI=1S/C21H21F3N6O2/c1-13-10-26-19(12-25-13)29-15-5-4-14(9-15)28-18-7-6-16(11-27-18)30-8-2-3-17(20(30)31)32-21(22,23)24/h2-3,6-8,10-12,14-15H,4-5,9H2,1H3,(H,26,29)(H,27,28)/t14-,15-/m0/s1. The maximum absolute atomic E-state index is 12.5. The molecule has 0 bridgehead atoms. The fraction of sp³-hybridized carbons (Fsp3) is 0.333. The molecule has 3 heterocycles. The van der Waals surface area contributed by atoms with Crippen LogP contribution >= 0.6 is 0 Å². The van der Waals surface area contributed by atoms with Crippen LogP contribution in [0.3, 0.4) is 0 Å². The molecule has 0 aliphatic heterocycles. The molecule has 1 fully saturated rings. The number of anilines is 2. The number of nitrogens with one attached hydrogen (secondary N) is 2. The van der Waals surface area contributed by atoms with Gasteiger partial charge in [-0.25, -0.2) is 9.97 Å². The van der Waals surface area contributed by atoms with Crippen LogP contribution in [0.5, 0.6) is 5.75 Å². The molecule has 0 radical (unpaired) electrons. The highest BCUT2D eigenvalue weighted by atomic mass is 19.4. The summed E-state index contributed by atoms with van der Waals surface area (Å²) in [5.74, 6) is 0.557. The predicted molar refractivity (Wildman–Crippen MR) is 112 cm³/mol. The van der Waals surface area contributed by atoms with Crippen molar-refractivity contribution in [2.75, 3.05) is 10.6 Å². The zero-order chi connectivity index (χ0) is 22.7. The molecule has 3 aromatic rings. The fourth-order valence-electron chi connectivity index (χ4n) is 3.62. The van der Waals surface area contributed by atoms with E-state index in [2.05, 4.69) is 30.3 Å². The maximum Gasteiger partial charge on any atom is 0.573 e. The van der Waals surface area contributed by atoms with E-state index in [0.717, 1.165) is 41.4 Å². The Morgan fingerprint density at radius 1 is 1.00 bits per heavy atom. The summed E-state index contributed by atoms with van der Waals surface area (Å²) in [5.41, 5.74) is 0.270. The van der Waals surface area contributed by atoms with Crippen molar-refractivity contribution in [2.24, 2.45) is 0 Å². The van der Waals surface area contributed by atoms with E-state index in [1.807, 2.05) is 6.92 Å². The zero-order valence-electron chi connectivity index (χ0n) is 17.1. The summed E-state index contributed by atoms with van der Waals surface area (Å²) in [6.45, 7) is 1.88. The molecule has 168 valence electrons. The molecule has 0 amide bonds. The Morgan fingerprint density at radius 3 is 2.34 bits per heavy atom. The number of pyridine rings is 2. The highest BCUT2D eigenvalue weighted by Gasteiger charge is 2.32. The average Bonchev–Trinajstić information content (AvgIpc) is 3.18. The van der Waals surface area contributed by atoms with Crippen molar-refractivity contribution in [3.8, 4) is 11.4 Å². The third-order valence-corrected chi connectivity index (χ3v) is 5.08. The highest BCUT2D eigenvalue weighted by Crippen LogP contribution is 2.25. The number of aromatic nitrogens is 4. The number of halogens is 3. The van der Waals surface area contributed by atoms with Crippen molar-refractivity contribution >= 4 is 11.6 Å². The number of ether oxygens (including phenoxy) is 1. The van der Waals surface area contributed by atoms with Gasteiger partial charge in [-0.2, -0.15) is 0 Å². The van der Waals surface area contributed by atoms with Gasteiger partial charge in [0.15, 0.2) is 5.75 Å². The van der Waals surface area contributed by atoms with Crippen molar-refractivity contribution in [1.82, 2.24) is 19.5 Å². The van der Waals surface area contributed by atoms with Gasteiger partial charge in [0.2, 0.25) is 0 Å². The summed E-state index contributed by atoms with van der Waals surface area (Å²) in [6.07, 6.45) is 4.05. The molecular formula is C21H21F3N6O2. The number of nitrogens with zero attached hydrogens (tertiary/aromatic N) is 4. The molecule has 0 aromatic carbocycles. The Balaban J connectivity index is 1.38. The van der Waals surface area contributed by atoms with E-state index in [0.29, 0.717) is 11.5 Å². The normalized spacial score (nSPS) is 18.4. The van der Waals surface area contributed by atoms with Gasteiger partial charge in [0.05, 0.1) is 30.0 Å². The van der Waals surface area contributed by atoms with Crippen LogP contribution in [-0.2, 0) is 0 Å². The van der Waals surface area contributed by atoms with Crippen molar-refractivity contribution in [2.45, 2.75) is 44.6 Å². The van der Waals surface area contributed by atoms with Crippen LogP contribution < -0.4 is 20.9 Å². The van der Waals surface area contributed by atoms with Crippen molar-refractivity contribution in [3.05, 3.63) is 65.1 Å². The summed E-state index contributed by atoms with van der Waals surface area (Å²) in [5, 5.41) is 6.73. The van der Waals surface area contributed by atoms with E-state index in [9.17, 15) is 18.0 Å². The van der Waals surface area contributed by atoms with Crippen LogP contribution in [0.4, 0.5) is 24.8 Å². The van der Waals surface area contributed by atoms with Gasteiger partial charge in [-0.05, 0) is 50.5 Å². The topological polar surface area (TPSA) is 94.0 Å². The quantitative estimate of drug-likeness (QED) is 0.597. The highest BCUT2D eigenvalue weighted by molar-refractivity contribution is 5.43.